The first-order chi connectivity index (χ1) is 7.86. The van der Waals surface area contributed by atoms with E-state index >= 15 is 0 Å². The summed E-state index contributed by atoms with van der Waals surface area (Å²) in [6.45, 7) is 5.40. The van der Waals surface area contributed by atoms with E-state index in [1.165, 1.54) is 5.56 Å². The molecule has 0 N–H and O–H groups in total. The molecule has 0 aliphatic rings. The number of rotatable bonds is 8. The van der Waals surface area contributed by atoms with Crippen molar-refractivity contribution >= 4 is 11.8 Å². The second-order valence-corrected chi connectivity index (χ2v) is 4.37. The van der Waals surface area contributed by atoms with Gasteiger partial charge in [-0.05, 0) is 19.4 Å². The number of hydrogen-bond donors (Lipinski definition) is 0. The molecule has 0 aliphatic carbocycles. The molecule has 0 saturated heterocycles. The van der Waals surface area contributed by atoms with Crippen LogP contribution < -0.4 is 0 Å². The van der Waals surface area contributed by atoms with E-state index in [-0.39, 0.29) is 6.29 Å². The lowest BCUT2D eigenvalue weighted by Crippen LogP contribution is -2.20. The SMILES string of the molecule is CCOC(CSCc1ccccc1)OCC. The van der Waals surface area contributed by atoms with Crippen molar-refractivity contribution in [3.8, 4) is 0 Å². The first-order valence-corrected chi connectivity index (χ1v) is 6.87. The van der Waals surface area contributed by atoms with Crippen LogP contribution in [-0.2, 0) is 15.2 Å². The largest absolute Gasteiger partial charge is 0.352 e. The number of benzene rings is 1. The van der Waals surface area contributed by atoms with Gasteiger partial charge in [0.15, 0.2) is 6.29 Å². The van der Waals surface area contributed by atoms with Crippen molar-refractivity contribution in [3.05, 3.63) is 35.9 Å². The van der Waals surface area contributed by atoms with Gasteiger partial charge in [-0.1, -0.05) is 30.3 Å². The van der Waals surface area contributed by atoms with Gasteiger partial charge in [-0.2, -0.15) is 11.8 Å². The van der Waals surface area contributed by atoms with E-state index in [2.05, 4.69) is 24.3 Å². The minimum atomic E-state index is -0.0660. The minimum Gasteiger partial charge on any atom is -0.352 e. The number of ether oxygens (including phenoxy) is 2. The highest BCUT2D eigenvalue weighted by atomic mass is 32.2. The van der Waals surface area contributed by atoms with E-state index in [0.29, 0.717) is 13.2 Å². The highest BCUT2D eigenvalue weighted by molar-refractivity contribution is 7.98. The molecular formula is C13H20O2S. The van der Waals surface area contributed by atoms with Crippen LogP contribution in [-0.4, -0.2) is 25.3 Å². The van der Waals surface area contributed by atoms with E-state index in [1.54, 1.807) is 0 Å². The van der Waals surface area contributed by atoms with E-state index in [0.717, 1.165) is 11.5 Å². The molecule has 0 aliphatic heterocycles. The predicted molar refractivity (Wildman–Crippen MR) is 69.6 cm³/mol. The lowest BCUT2D eigenvalue weighted by atomic mass is 10.2. The first kappa shape index (κ1) is 13.6. The van der Waals surface area contributed by atoms with Crippen molar-refractivity contribution in [2.75, 3.05) is 19.0 Å². The van der Waals surface area contributed by atoms with Crippen molar-refractivity contribution in [1.29, 1.82) is 0 Å². The maximum atomic E-state index is 5.48. The third kappa shape index (κ3) is 5.54. The average Bonchev–Trinajstić information content (AvgIpc) is 2.31. The van der Waals surface area contributed by atoms with E-state index in [1.807, 2.05) is 31.7 Å². The maximum Gasteiger partial charge on any atom is 0.166 e. The molecular weight excluding hydrogens is 220 g/mol. The third-order valence-electron chi connectivity index (χ3n) is 2.07. The molecule has 0 fully saturated rings. The van der Waals surface area contributed by atoms with E-state index < -0.39 is 0 Å². The summed E-state index contributed by atoms with van der Waals surface area (Å²) in [5.41, 5.74) is 1.35. The summed E-state index contributed by atoms with van der Waals surface area (Å²) < 4.78 is 11.0. The van der Waals surface area contributed by atoms with Crippen LogP contribution in [0.25, 0.3) is 0 Å². The van der Waals surface area contributed by atoms with Crippen molar-refractivity contribution in [2.24, 2.45) is 0 Å². The van der Waals surface area contributed by atoms with Crippen molar-refractivity contribution < 1.29 is 9.47 Å². The Kier molecular flexibility index (Phi) is 7.30. The zero-order chi connectivity index (χ0) is 11.6. The Bertz CT molecular complexity index is 258. The molecule has 3 heteroatoms. The van der Waals surface area contributed by atoms with Gasteiger partial charge in [0.05, 0.1) is 0 Å². The molecule has 0 amide bonds. The van der Waals surface area contributed by atoms with Crippen LogP contribution in [0.1, 0.15) is 19.4 Å². The summed E-state index contributed by atoms with van der Waals surface area (Å²) in [5.74, 6) is 1.90. The van der Waals surface area contributed by atoms with E-state index in [9.17, 15) is 0 Å². The van der Waals surface area contributed by atoms with Crippen LogP contribution >= 0.6 is 11.8 Å². The Balaban J connectivity index is 2.22. The quantitative estimate of drug-likeness (QED) is 0.649. The Morgan fingerprint density at radius 1 is 1.06 bits per heavy atom. The highest BCUT2D eigenvalue weighted by Crippen LogP contribution is 2.14. The highest BCUT2D eigenvalue weighted by Gasteiger charge is 2.07. The van der Waals surface area contributed by atoms with Gasteiger partial charge in [0, 0.05) is 24.7 Å². The minimum absolute atomic E-state index is 0.0660. The molecule has 1 rings (SSSR count). The molecule has 2 nitrogen and oxygen atoms in total. The Morgan fingerprint density at radius 3 is 2.25 bits per heavy atom. The Labute approximate surface area is 102 Å². The van der Waals surface area contributed by atoms with Crippen LogP contribution in [0, 0.1) is 0 Å². The maximum absolute atomic E-state index is 5.48. The van der Waals surface area contributed by atoms with Crippen LogP contribution in [0.3, 0.4) is 0 Å². The van der Waals surface area contributed by atoms with Gasteiger partial charge < -0.3 is 9.47 Å². The number of thioether (sulfide) groups is 1. The molecule has 16 heavy (non-hydrogen) atoms. The van der Waals surface area contributed by atoms with Crippen LogP contribution in [0.4, 0.5) is 0 Å². The standard InChI is InChI=1S/C13H20O2S/c1-3-14-13(15-4-2)11-16-10-12-8-6-5-7-9-12/h5-9,13H,3-4,10-11H2,1-2H3. The summed E-state index contributed by atoms with van der Waals surface area (Å²) in [6, 6.07) is 10.5. The molecule has 0 bridgehead atoms. The summed E-state index contributed by atoms with van der Waals surface area (Å²) in [5, 5.41) is 0. The lowest BCUT2D eigenvalue weighted by Gasteiger charge is -2.16. The number of hydrogen-bond acceptors (Lipinski definition) is 3. The monoisotopic (exact) mass is 240 g/mol. The summed E-state index contributed by atoms with van der Waals surface area (Å²) in [6.07, 6.45) is -0.0660. The van der Waals surface area contributed by atoms with Crippen molar-refractivity contribution in [3.63, 3.8) is 0 Å². The fourth-order valence-corrected chi connectivity index (χ4v) is 2.29. The van der Waals surface area contributed by atoms with Crippen LogP contribution in [0.2, 0.25) is 0 Å². The molecule has 1 aromatic carbocycles. The summed E-state index contributed by atoms with van der Waals surface area (Å²) in [7, 11) is 0. The van der Waals surface area contributed by atoms with Gasteiger partial charge in [0.1, 0.15) is 0 Å². The fraction of sp³-hybridized carbons (Fsp3) is 0.538. The fourth-order valence-electron chi connectivity index (χ4n) is 1.36. The topological polar surface area (TPSA) is 18.5 Å². The van der Waals surface area contributed by atoms with Gasteiger partial charge in [-0.15, -0.1) is 0 Å². The Morgan fingerprint density at radius 2 is 1.69 bits per heavy atom. The van der Waals surface area contributed by atoms with Crippen molar-refractivity contribution in [2.45, 2.75) is 25.9 Å². The molecule has 0 radical (unpaired) electrons. The van der Waals surface area contributed by atoms with E-state index in [4.69, 9.17) is 9.47 Å². The predicted octanol–water partition coefficient (Wildman–Crippen LogP) is 3.32. The van der Waals surface area contributed by atoms with Gasteiger partial charge in [0.2, 0.25) is 0 Å². The van der Waals surface area contributed by atoms with Crippen molar-refractivity contribution in [1.82, 2.24) is 0 Å². The molecule has 90 valence electrons. The summed E-state index contributed by atoms with van der Waals surface area (Å²) in [4.78, 5) is 0. The summed E-state index contributed by atoms with van der Waals surface area (Å²) >= 11 is 1.84. The first-order valence-electron chi connectivity index (χ1n) is 5.71. The smallest absolute Gasteiger partial charge is 0.166 e. The zero-order valence-electron chi connectivity index (χ0n) is 10.0. The Hall–Kier alpha value is -0.510. The van der Waals surface area contributed by atoms with Gasteiger partial charge in [0.25, 0.3) is 0 Å². The van der Waals surface area contributed by atoms with Gasteiger partial charge >= 0.3 is 0 Å². The normalized spacial score (nSPS) is 10.9. The van der Waals surface area contributed by atoms with Gasteiger partial charge in [-0.3, -0.25) is 0 Å². The lowest BCUT2D eigenvalue weighted by molar-refractivity contribution is -0.120. The molecule has 0 saturated carbocycles. The third-order valence-corrected chi connectivity index (χ3v) is 3.12. The van der Waals surface area contributed by atoms with Crippen LogP contribution in [0.5, 0.6) is 0 Å². The molecule has 0 aromatic heterocycles. The zero-order valence-corrected chi connectivity index (χ0v) is 10.8. The second-order valence-electron chi connectivity index (χ2n) is 3.34. The molecule has 0 unspecified atom stereocenters. The second kappa shape index (κ2) is 8.62. The molecule has 1 aromatic rings. The molecule has 0 atom stereocenters. The van der Waals surface area contributed by atoms with Gasteiger partial charge in [-0.25, -0.2) is 0 Å². The molecule has 0 spiro atoms. The van der Waals surface area contributed by atoms with Crippen LogP contribution in [0.15, 0.2) is 30.3 Å². The average molecular weight is 240 g/mol. The molecule has 0 heterocycles.